The van der Waals surface area contributed by atoms with Gasteiger partial charge in [0.05, 0.1) is 6.04 Å². The molecule has 2 aromatic rings. The number of hydrogen-bond acceptors (Lipinski definition) is 3. The molecule has 198 valence electrons. The molecule has 9 heteroatoms. The summed E-state index contributed by atoms with van der Waals surface area (Å²) in [6, 6.07) is 10.6. The van der Waals surface area contributed by atoms with Crippen LogP contribution in [0.1, 0.15) is 48.4 Å². The fraction of sp³-hybridized carbons (Fsp3) is 0.500. The number of carbonyl (C=O) groups excluding carboxylic acids is 2. The van der Waals surface area contributed by atoms with Crippen molar-refractivity contribution < 1.29 is 14.0 Å². The lowest BCUT2D eigenvalue weighted by Gasteiger charge is -2.47. The Labute approximate surface area is 227 Å². The zero-order chi connectivity index (χ0) is 26.1. The largest absolute Gasteiger partial charge is 0.338 e. The van der Waals surface area contributed by atoms with Gasteiger partial charge in [0.15, 0.2) is 0 Å². The molecule has 3 aliphatic rings. The van der Waals surface area contributed by atoms with Crippen molar-refractivity contribution in [1.82, 2.24) is 20.0 Å². The number of urea groups is 1. The summed E-state index contributed by atoms with van der Waals surface area (Å²) in [7, 11) is 0. The first-order valence-electron chi connectivity index (χ1n) is 13.1. The normalized spacial score (nSPS) is 24.3. The molecule has 0 aromatic heterocycles. The fourth-order valence-electron chi connectivity index (χ4n) is 6.22. The van der Waals surface area contributed by atoms with Gasteiger partial charge in [0, 0.05) is 61.3 Å². The maximum atomic E-state index is 13.9. The summed E-state index contributed by atoms with van der Waals surface area (Å²) < 4.78 is 13.9. The first-order valence-corrected chi connectivity index (χ1v) is 13.8. The molecule has 0 spiro atoms. The molecule has 0 radical (unpaired) electrons. The Morgan fingerprint density at radius 3 is 2.59 bits per heavy atom. The number of piperazine rings is 1. The van der Waals surface area contributed by atoms with E-state index in [0.29, 0.717) is 48.1 Å². The fourth-order valence-corrected chi connectivity index (χ4v) is 6.79. The van der Waals surface area contributed by atoms with Crippen LogP contribution in [0.15, 0.2) is 36.4 Å². The van der Waals surface area contributed by atoms with Gasteiger partial charge in [-0.05, 0) is 79.6 Å². The number of aryl methyl sites for hydroxylation is 1. The molecular formula is C28H33Cl2FN4O2. The second-order valence-electron chi connectivity index (χ2n) is 10.4. The summed E-state index contributed by atoms with van der Waals surface area (Å²) in [4.78, 5) is 32.0. The van der Waals surface area contributed by atoms with Crippen LogP contribution in [0.25, 0.3) is 0 Å². The first kappa shape index (κ1) is 26.3. The molecule has 3 saturated heterocycles. The molecule has 5 rings (SSSR count). The van der Waals surface area contributed by atoms with Gasteiger partial charge in [-0.15, -0.1) is 0 Å². The summed E-state index contributed by atoms with van der Waals surface area (Å²) in [5, 5.41) is 4.22. The van der Waals surface area contributed by atoms with Crippen LogP contribution in [-0.4, -0.2) is 71.4 Å². The van der Waals surface area contributed by atoms with E-state index in [9.17, 15) is 14.0 Å². The van der Waals surface area contributed by atoms with E-state index < -0.39 is 0 Å². The summed E-state index contributed by atoms with van der Waals surface area (Å²) in [6.45, 7) is 5.51. The van der Waals surface area contributed by atoms with Crippen molar-refractivity contribution in [2.24, 2.45) is 0 Å². The van der Waals surface area contributed by atoms with Crippen molar-refractivity contribution in [1.29, 1.82) is 0 Å². The molecular weight excluding hydrogens is 514 g/mol. The average Bonchev–Trinajstić information content (AvgIpc) is 3.23. The number of piperidine rings is 1. The lowest BCUT2D eigenvalue weighted by Crippen LogP contribution is -2.57. The molecule has 3 atom stereocenters. The predicted molar refractivity (Wildman–Crippen MR) is 143 cm³/mol. The van der Waals surface area contributed by atoms with Gasteiger partial charge in [0.25, 0.3) is 0 Å². The van der Waals surface area contributed by atoms with Crippen molar-refractivity contribution in [2.45, 2.75) is 57.2 Å². The van der Waals surface area contributed by atoms with Gasteiger partial charge in [0.2, 0.25) is 5.91 Å². The minimum absolute atomic E-state index is 0.119. The van der Waals surface area contributed by atoms with Crippen LogP contribution in [0.5, 0.6) is 0 Å². The molecule has 3 aliphatic heterocycles. The summed E-state index contributed by atoms with van der Waals surface area (Å²) in [5.74, 6) is 0.00261. The second-order valence-corrected chi connectivity index (χ2v) is 11.3. The number of carbonyl (C=O) groups is 2. The van der Waals surface area contributed by atoms with Crippen LogP contribution in [0.4, 0.5) is 9.18 Å². The van der Waals surface area contributed by atoms with Crippen LogP contribution >= 0.6 is 23.2 Å². The van der Waals surface area contributed by atoms with Gasteiger partial charge >= 0.3 is 6.03 Å². The van der Waals surface area contributed by atoms with Crippen molar-refractivity contribution in [3.63, 3.8) is 0 Å². The number of nitrogens with zero attached hydrogens (tertiary/aromatic N) is 3. The third kappa shape index (κ3) is 5.89. The van der Waals surface area contributed by atoms with Crippen LogP contribution < -0.4 is 5.32 Å². The van der Waals surface area contributed by atoms with Gasteiger partial charge < -0.3 is 15.1 Å². The predicted octanol–water partition coefficient (Wildman–Crippen LogP) is 5.21. The molecule has 2 aromatic carbocycles. The first-order chi connectivity index (χ1) is 17.8. The van der Waals surface area contributed by atoms with Crippen LogP contribution in [-0.2, 0) is 11.2 Å². The third-order valence-corrected chi connectivity index (χ3v) is 8.52. The number of nitrogens with one attached hydrogen (secondary N) is 1. The highest BCUT2D eigenvalue weighted by Crippen LogP contribution is 2.36. The minimum Gasteiger partial charge on any atom is -0.338 e. The number of fused-ring (bicyclic) bond motifs is 1. The summed E-state index contributed by atoms with van der Waals surface area (Å²) in [5.41, 5.74) is 2.80. The number of rotatable bonds is 5. The van der Waals surface area contributed by atoms with Crippen LogP contribution in [0.2, 0.25) is 10.0 Å². The molecule has 6 nitrogen and oxygen atoms in total. The number of halogens is 3. The Kier molecular flexibility index (Phi) is 7.93. The van der Waals surface area contributed by atoms with E-state index >= 15 is 0 Å². The van der Waals surface area contributed by atoms with Gasteiger partial charge in [-0.2, -0.15) is 0 Å². The van der Waals surface area contributed by atoms with Gasteiger partial charge in [-0.1, -0.05) is 29.3 Å². The molecule has 3 amide bonds. The number of likely N-dealkylation sites (tertiary alicyclic amines) is 1. The molecule has 37 heavy (non-hydrogen) atoms. The maximum absolute atomic E-state index is 13.9. The number of benzene rings is 2. The molecule has 0 saturated carbocycles. The zero-order valence-corrected chi connectivity index (χ0v) is 22.6. The molecule has 0 bridgehead atoms. The number of hydrogen-bond donors (Lipinski definition) is 1. The zero-order valence-electron chi connectivity index (χ0n) is 21.1. The molecule has 0 aliphatic carbocycles. The lowest BCUT2D eigenvalue weighted by atomic mass is 9.88. The molecule has 0 unspecified atom stereocenters. The monoisotopic (exact) mass is 546 g/mol. The standard InChI is InChI=1S/C28H33Cl2FN4O2/c1-18-12-22(31)2-4-25(18)26-16-23(33-10-11-34-24(17-33)3-5-27(34)36)7-9-35(26)28(37)32-8-6-19-13-20(29)15-21(30)14-19/h2,4,12-15,23-24,26H,3,5-11,16-17H2,1H3,(H,32,37)/t23-,24-,26+/m0/s1. The van der Waals surface area contributed by atoms with Gasteiger partial charge in [0.1, 0.15) is 5.82 Å². The second kappa shape index (κ2) is 11.2. The Morgan fingerprint density at radius 1 is 1.05 bits per heavy atom. The van der Waals surface area contributed by atoms with E-state index in [-0.39, 0.29) is 23.8 Å². The summed E-state index contributed by atoms with van der Waals surface area (Å²) in [6.07, 6.45) is 3.84. The van der Waals surface area contributed by atoms with E-state index in [1.165, 1.54) is 6.07 Å². The Bertz CT molecular complexity index is 1160. The highest BCUT2D eigenvalue weighted by atomic mass is 35.5. The van der Waals surface area contributed by atoms with E-state index in [1.54, 1.807) is 12.1 Å². The summed E-state index contributed by atoms with van der Waals surface area (Å²) >= 11 is 12.2. The van der Waals surface area contributed by atoms with Gasteiger partial charge in [-0.3, -0.25) is 9.69 Å². The van der Waals surface area contributed by atoms with Crippen molar-refractivity contribution >= 4 is 35.1 Å². The third-order valence-electron chi connectivity index (χ3n) is 8.08. The van der Waals surface area contributed by atoms with E-state index in [4.69, 9.17) is 23.2 Å². The average molecular weight is 548 g/mol. The molecule has 1 N–H and O–H groups in total. The van der Waals surface area contributed by atoms with Crippen molar-refractivity contribution in [2.75, 3.05) is 32.7 Å². The molecule has 3 heterocycles. The van der Waals surface area contributed by atoms with E-state index in [0.717, 1.165) is 55.6 Å². The van der Waals surface area contributed by atoms with Crippen molar-refractivity contribution in [3.8, 4) is 0 Å². The highest BCUT2D eigenvalue weighted by Gasteiger charge is 2.41. The smallest absolute Gasteiger partial charge is 0.317 e. The lowest BCUT2D eigenvalue weighted by molar-refractivity contribution is -0.131. The van der Waals surface area contributed by atoms with Crippen molar-refractivity contribution in [3.05, 3.63) is 69.0 Å². The minimum atomic E-state index is -0.271. The Morgan fingerprint density at radius 2 is 1.84 bits per heavy atom. The van der Waals surface area contributed by atoms with E-state index in [1.807, 2.05) is 34.9 Å². The van der Waals surface area contributed by atoms with Gasteiger partial charge in [-0.25, -0.2) is 9.18 Å². The van der Waals surface area contributed by atoms with E-state index in [2.05, 4.69) is 10.2 Å². The van der Waals surface area contributed by atoms with Crippen LogP contribution in [0.3, 0.4) is 0 Å². The number of amides is 3. The Hall–Kier alpha value is -2.35. The Balaban J connectivity index is 1.28. The quantitative estimate of drug-likeness (QED) is 0.560. The topological polar surface area (TPSA) is 55.9 Å². The SMILES string of the molecule is Cc1cc(F)ccc1[C@H]1C[C@@H](N2CCN3C(=O)CC[C@H]3C2)CCN1C(=O)NCCc1cc(Cl)cc(Cl)c1. The molecule has 3 fully saturated rings. The highest BCUT2D eigenvalue weighted by molar-refractivity contribution is 6.34. The maximum Gasteiger partial charge on any atom is 0.317 e. The van der Waals surface area contributed by atoms with Crippen LogP contribution in [0, 0.1) is 12.7 Å².